The number of hydrogen-bond donors (Lipinski definition) is 0. The summed E-state index contributed by atoms with van der Waals surface area (Å²) in [7, 11) is -4.12. The minimum absolute atomic E-state index is 0.0320. The van der Waals surface area contributed by atoms with Gasteiger partial charge in [-0.3, -0.25) is 9.59 Å². The lowest BCUT2D eigenvalue weighted by molar-refractivity contribution is 0.103. The van der Waals surface area contributed by atoms with Crippen LogP contribution in [0.25, 0.3) is 0 Å². The van der Waals surface area contributed by atoms with E-state index < -0.39 is 18.2 Å². The maximum absolute atomic E-state index is 13.7. The molecule has 26 heavy (non-hydrogen) atoms. The van der Waals surface area contributed by atoms with E-state index in [1.165, 1.54) is 24.3 Å². The predicted octanol–water partition coefficient (Wildman–Crippen LogP) is 7.30. The van der Waals surface area contributed by atoms with Gasteiger partial charge in [-0.05, 0) is 30.2 Å². The normalized spacial score (nSPS) is 11.7. The Kier molecular flexibility index (Phi) is 6.98. The van der Waals surface area contributed by atoms with Gasteiger partial charge in [-0.2, -0.15) is 0 Å². The Morgan fingerprint density at radius 2 is 1.12 bits per heavy atom. The molecule has 138 valence electrons. The van der Waals surface area contributed by atoms with Gasteiger partial charge < -0.3 is 4.57 Å². The van der Waals surface area contributed by atoms with Gasteiger partial charge in [0.1, 0.15) is 0 Å². The first kappa shape index (κ1) is 21.5. The van der Waals surface area contributed by atoms with Gasteiger partial charge in [0.2, 0.25) is 18.2 Å². The average Bonchev–Trinajstić information content (AvgIpc) is 2.53. The molecule has 0 aliphatic rings. The van der Waals surface area contributed by atoms with Crippen molar-refractivity contribution < 1.29 is 14.2 Å². The van der Waals surface area contributed by atoms with E-state index in [-0.39, 0.29) is 43.3 Å². The van der Waals surface area contributed by atoms with Crippen LogP contribution in [-0.4, -0.2) is 17.2 Å². The maximum atomic E-state index is 13.7. The third-order valence-electron chi connectivity index (χ3n) is 3.63. The van der Waals surface area contributed by atoms with E-state index in [4.69, 9.17) is 46.4 Å². The highest BCUT2D eigenvalue weighted by molar-refractivity contribution is 7.95. The molecule has 2 aromatic carbocycles. The quantitative estimate of drug-likeness (QED) is 0.433. The molecular weight excluding hydrogens is 437 g/mol. The van der Waals surface area contributed by atoms with Gasteiger partial charge in [0.25, 0.3) is 0 Å². The number of halogens is 4. The molecule has 0 saturated carbocycles. The Labute approximate surface area is 172 Å². The van der Waals surface area contributed by atoms with E-state index in [2.05, 4.69) is 0 Å². The molecule has 0 aromatic heterocycles. The number of rotatable bonds is 6. The van der Waals surface area contributed by atoms with E-state index in [0.717, 1.165) is 0 Å². The molecule has 0 spiro atoms. The zero-order valence-electron chi connectivity index (χ0n) is 13.9. The van der Waals surface area contributed by atoms with Crippen LogP contribution in [0.15, 0.2) is 36.4 Å². The molecule has 2 aromatic rings. The fourth-order valence-electron chi connectivity index (χ4n) is 2.54. The Hall–Kier alpha value is -0.830. The van der Waals surface area contributed by atoms with Crippen LogP contribution >= 0.6 is 53.5 Å². The zero-order valence-corrected chi connectivity index (χ0v) is 17.9. The van der Waals surface area contributed by atoms with Crippen LogP contribution in [0.2, 0.25) is 20.1 Å². The van der Waals surface area contributed by atoms with Gasteiger partial charge in [0.15, 0.2) is 0 Å². The molecule has 8 heteroatoms. The van der Waals surface area contributed by atoms with Gasteiger partial charge in [-0.25, -0.2) is 0 Å². The van der Waals surface area contributed by atoms with Crippen LogP contribution in [-0.2, 0) is 4.57 Å². The highest BCUT2D eigenvalue weighted by atomic mass is 35.5. The van der Waals surface area contributed by atoms with Crippen molar-refractivity contribution in [3.05, 3.63) is 67.6 Å². The average molecular weight is 452 g/mol. The predicted molar refractivity (Wildman–Crippen MR) is 109 cm³/mol. The van der Waals surface area contributed by atoms with Gasteiger partial charge >= 0.3 is 0 Å². The number of hydrogen-bond acceptors (Lipinski definition) is 3. The first-order valence-corrected chi connectivity index (χ1v) is 11.1. The Morgan fingerprint density at radius 1 is 0.808 bits per heavy atom. The summed E-state index contributed by atoms with van der Waals surface area (Å²) in [5.41, 5.74) is -2.03. The molecule has 0 bridgehead atoms. The summed E-state index contributed by atoms with van der Waals surface area (Å²) < 4.78 is 13.7. The summed E-state index contributed by atoms with van der Waals surface area (Å²) >= 11 is 24.4. The van der Waals surface area contributed by atoms with E-state index >= 15 is 0 Å². The third-order valence-corrected chi connectivity index (χ3v) is 7.90. The molecule has 2 rings (SSSR count). The van der Waals surface area contributed by atoms with Crippen LogP contribution in [0.5, 0.6) is 0 Å². The number of benzene rings is 2. The van der Waals surface area contributed by atoms with Crippen molar-refractivity contribution in [1.82, 2.24) is 0 Å². The minimum atomic E-state index is -4.12. The van der Waals surface area contributed by atoms with Crippen molar-refractivity contribution in [1.29, 1.82) is 0 Å². The van der Waals surface area contributed by atoms with E-state index in [9.17, 15) is 14.2 Å². The largest absolute Gasteiger partial charge is 0.307 e. The van der Waals surface area contributed by atoms with Gasteiger partial charge in [0.05, 0.1) is 31.2 Å². The second-order valence-corrected chi connectivity index (χ2v) is 10.4. The van der Waals surface area contributed by atoms with E-state index in [1.807, 2.05) is 0 Å². The first-order chi connectivity index (χ1) is 12.1. The van der Waals surface area contributed by atoms with Crippen molar-refractivity contribution >= 4 is 64.6 Å². The molecular formula is C18H15Cl4O3P. The summed E-state index contributed by atoms with van der Waals surface area (Å²) in [6.07, 6.45) is -0.145. The first-order valence-electron chi connectivity index (χ1n) is 7.66. The monoisotopic (exact) mass is 450 g/mol. The second kappa shape index (κ2) is 8.46. The maximum Gasteiger partial charge on any atom is 0.231 e. The lowest BCUT2D eigenvalue weighted by Gasteiger charge is -2.20. The molecule has 0 amide bonds. The topological polar surface area (TPSA) is 51.2 Å². The molecule has 0 unspecified atom stereocenters. The Morgan fingerprint density at radius 3 is 1.38 bits per heavy atom. The minimum Gasteiger partial charge on any atom is -0.307 e. The SMILES string of the molecule is CC(C)CP(=O)(C(=O)c1c(Cl)cccc1Cl)C(=O)c1c(Cl)cccc1Cl. The van der Waals surface area contributed by atoms with Crippen LogP contribution in [0, 0.1) is 5.92 Å². The van der Waals surface area contributed by atoms with Crippen molar-refractivity contribution in [2.45, 2.75) is 13.8 Å². The van der Waals surface area contributed by atoms with E-state index in [0.29, 0.717) is 0 Å². The van der Waals surface area contributed by atoms with Gasteiger partial charge in [0, 0.05) is 6.16 Å². The third kappa shape index (κ3) is 4.18. The summed E-state index contributed by atoms with van der Waals surface area (Å²) in [4.78, 5) is 26.3. The van der Waals surface area contributed by atoms with Crippen LogP contribution < -0.4 is 0 Å². The molecule has 0 fully saturated rings. The number of carbonyl (C=O) groups is 2. The molecule has 0 radical (unpaired) electrons. The molecule has 0 saturated heterocycles. The smallest absolute Gasteiger partial charge is 0.231 e. The molecule has 0 atom stereocenters. The summed E-state index contributed by atoms with van der Waals surface area (Å²) in [5, 5.41) is 0.128. The molecule has 0 aliphatic heterocycles. The fraction of sp³-hybridized carbons (Fsp3) is 0.222. The standard InChI is InChI=1S/C18H15Cl4O3P/c1-10(2)9-26(25,17(23)15-11(19)5-3-6-12(15)20)18(24)16-13(21)7-4-8-14(16)22/h3-8,10H,9H2,1-2H3. The zero-order chi connectivity index (χ0) is 19.6. The van der Waals surface area contributed by atoms with Gasteiger partial charge in [-0.15, -0.1) is 0 Å². The fourth-order valence-corrected chi connectivity index (χ4v) is 6.69. The van der Waals surface area contributed by atoms with Gasteiger partial charge in [-0.1, -0.05) is 72.4 Å². The molecule has 3 nitrogen and oxygen atoms in total. The van der Waals surface area contributed by atoms with Crippen molar-refractivity contribution in [3.8, 4) is 0 Å². The summed E-state index contributed by atoms with van der Waals surface area (Å²) in [6.45, 7) is 3.52. The molecule has 0 N–H and O–H groups in total. The lowest BCUT2D eigenvalue weighted by Crippen LogP contribution is -2.17. The van der Waals surface area contributed by atoms with Crippen molar-refractivity contribution in [3.63, 3.8) is 0 Å². The summed E-state index contributed by atoms with van der Waals surface area (Å²) in [5.74, 6) is -0.198. The van der Waals surface area contributed by atoms with Crippen LogP contribution in [0.1, 0.15) is 34.6 Å². The molecule has 0 heterocycles. The van der Waals surface area contributed by atoms with Crippen LogP contribution in [0.3, 0.4) is 0 Å². The Bertz CT molecular complexity index is 817. The highest BCUT2D eigenvalue weighted by Crippen LogP contribution is 2.56. The molecule has 0 aliphatic carbocycles. The van der Waals surface area contributed by atoms with Crippen molar-refractivity contribution in [2.24, 2.45) is 5.92 Å². The second-order valence-electron chi connectivity index (χ2n) is 6.12. The Balaban J connectivity index is 2.68. The van der Waals surface area contributed by atoms with Crippen molar-refractivity contribution in [2.75, 3.05) is 6.16 Å². The summed E-state index contributed by atoms with van der Waals surface area (Å²) in [6, 6.07) is 8.92. The highest BCUT2D eigenvalue weighted by Gasteiger charge is 2.44. The number of carbonyl (C=O) groups excluding carboxylic acids is 2. The lowest BCUT2D eigenvalue weighted by atomic mass is 10.2. The van der Waals surface area contributed by atoms with E-state index in [1.54, 1.807) is 26.0 Å². The van der Waals surface area contributed by atoms with Crippen LogP contribution in [0.4, 0.5) is 0 Å².